The Hall–Kier alpha value is -1.56. The molecule has 0 bridgehead atoms. The first kappa shape index (κ1) is 15.8. The molecule has 0 saturated carbocycles. The Kier molecular flexibility index (Phi) is 5.61. The number of hydrogen-bond donors (Lipinski definition) is 2. The number of halogens is 2. The van der Waals surface area contributed by atoms with E-state index in [4.69, 9.17) is 22.1 Å². The zero-order chi connectivity index (χ0) is 15.2. The SMILES string of the molecule is NCc1cc(Br)ccc1OCC(=O)Nc1cccc(Cl)c1. The van der Waals surface area contributed by atoms with Gasteiger partial charge >= 0.3 is 0 Å². The molecule has 0 aliphatic heterocycles. The van der Waals surface area contributed by atoms with Crippen molar-refractivity contribution in [2.24, 2.45) is 5.73 Å². The molecule has 1 amide bonds. The molecule has 6 heteroatoms. The van der Waals surface area contributed by atoms with E-state index in [1.807, 2.05) is 12.1 Å². The highest BCUT2D eigenvalue weighted by Gasteiger charge is 2.07. The van der Waals surface area contributed by atoms with Crippen LogP contribution in [0.2, 0.25) is 5.02 Å². The van der Waals surface area contributed by atoms with E-state index < -0.39 is 0 Å². The number of benzene rings is 2. The summed E-state index contributed by atoms with van der Waals surface area (Å²) >= 11 is 9.22. The van der Waals surface area contributed by atoms with Crippen LogP contribution in [-0.4, -0.2) is 12.5 Å². The molecule has 0 unspecified atom stereocenters. The third-order valence-corrected chi connectivity index (χ3v) is 3.44. The summed E-state index contributed by atoms with van der Waals surface area (Å²) in [6.45, 7) is 0.242. The summed E-state index contributed by atoms with van der Waals surface area (Å²) < 4.78 is 6.42. The Morgan fingerprint density at radius 3 is 2.81 bits per heavy atom. The van der Waals surface area contributed by atoms with Crippen molar-refractivity contribution >= 4 is 39.1 Å². The number of ether oxygens (including phenoxy) is 1. The molecular weight excluding hydrogens is 356 g/mol. The number of amides is 1. The highest BCUT2D eigenvalue weighted by Crippen LogP contribution is 2.23. The van der Waals surface area contributed by atoms with Crippen molar-refractivity contribution in [2.45, 2.75) is 6.54 Å². The van der Waals surface area contributed by atoms with E-state index in [0.717, 1.165) is 10.0 Å². The maximum Gasteiger partial charge on any atom is 0.262 e. The fourth-order valence-corrected chi connectivity index (χ4v) is 2.35. The van der Waals surface area contributed by atoms with E-state index >= 15 is 0 Å². The van der Waals surface area contributed by atoms with Gasteiger partial charge in [-0.25, -0.2) is 0 Å². The summed E-state index contributed by atoms with van der Waals surface area (Å²) in [7, 11) is 0. The van der Waals surface area contributed by atoms with E-state index in [0.29, 0.717) is 23.0 Å². The predicted molar refractivity (Wildman–Crippen MR) is 87.6 cm³/mol. The number of hydrogen-bond acceptors (Lipinski definition) is 3. The van der Waals surface area contributed by atoms with E-state index in [1.54, 1.807) is 30.3 Å². The zero-order valence-corrected chi connectivity index (χ0v) is 13.4. The molecule has 110 valence electrons. The summed E-state index contributed by atoms with van der Waals surface area (Å²) in [5.74, 6) is 0.338. The van der Waals surface area contributed by atoms with Gasteiger partial charge in [-0.15, -0.1) is 0 Å². The van der Waals surface area contributed by atoms with Gasteiger partial charge in [-0.05, 0) is 36.4 Å². The van der Waals surface area contributed by atoms with Crippen LogP contribution in [-0.2, 0) is 11.3 Å². The van der Waals surface area contributed by atoms with Gasteiger partial charge in [0.25, 0.3) is 5.91 Å². The normalized spacial score (nSPS) is 10.2. The van der Waals surface area contributed by atoms with Crippen molar-refractivity contribution < 1.29 is 9.53 Å². The molecule has 4 nitrogen and oxygen atoms in total. The van der Waals surface area contributed by atoms with Crippen molar-refractivity contribution in [1.82, 2.24) is 0 Å². The summed E-state index contributed by atoms with van der Waals surface area (Å²) in [5, 5.41) is 3.28. The van der Waals surface area contributed by atoms with Crippen molar-refractivity contribution in [1.29, 1.82) is 0 Å². The Labute approximate surface area is 136 Å². The smallest absolute Gasteiger partial charge is 0.262 e. The van der Waals surface area contributed by atoms with Gasteiger partial charge < -0.3 is 15.8 Å². The highest BCUT2D eigenvalue weighted by molar-refractivity contribution is 9.10. The van der Waals surface area contributed by atoms with E-state index in [-0.39, 0.29) is 12.5 Å². The minimum atomic E-state index is -0.261. The number of anilines is 1. The minimum Gasteiger partial charge on any atom is -0.483 e. The quantitative estimate of drug-likeness (QED) is 0.846. The zero-order valence-electron chi connectivity index (χ0n) is 11.1. The fourth-order valence-electron chi connectivity index (χ4n) is 1.75. The van der Waals surface area contributed by atoms with E-state index in [9.17, 15) is 4.79 Å². The van der Waals surface area contributed by atoms with Gasteiger partial charge in [0.1, 0.15) is 5.75 Å². The molecule has 0 atom stereocenters. The summed E-state index contributed by atoms with van der Waals surface area (Å²) in [4.78, 5) is 11.8. The number of nitrogens with one attached hydrogen (secondary N) is 1. The van der Waals surface area contributed by atoms with Crippen LogP contribution in [0.1, 0.15) is 5.56 Å². The van der Waals surface area contributed by atoms with Gasteiger partial charge in [-0.1, -0.05) is 33.6 Å². The molecular formula is C15H14BrClN2O2. The highest BCUT2D eigenvalue weighted by atomic mass is 79.9. The molecule has 0 radical (unpaired) electrons. The molecule has 2 rings (SSSR count). The van der Waals surface area contributed by atoms with Crippen LogP contribution in [0.15, 0.2) is 46.9 Å². The molecule has 0 heterocycles. The molecule has 0 spiro atoms. The van der Waals surface area contributed by atoms with Gasteiger partial charge in [0.15, 0.2) is 6.61 Å². The van der Waals surface area contributed by atoms with Crippen molar-refractivity contribution in [3.63, 3.8) is 0 Å². The molecule has 3 N–H and O–H groups in total. The van der Waals surface area contributed by atoms with Crippen molar-refractivity contribution in [2.75, 3.05) is 11.9 Å². The Balaban J connectivity index is 1.95. The Morgan fingerprint density at radius 1 is 1.29 bits per heavy atom. The first-order valence-corrected chi connectivity index (χ1v) is 7.42. The predicted octanol–water partition coefficient (Wildman–Crippen LogP) is 3.58. The van der Waals surface area contributed by atoms with Crippen LogP contribution >= 0.6 is 27.5 Å². The second kappa shape index (κ2) is 7.45. The first-order chi connectivity index (χ1) is 10.1. The van der Waals surface area contributed by atoms with E-state index in [1.165, 1.54) is 0 Å². The lowest BCUT2D eigenvalue weighted by atomic mass is 10.2. The number of carbonyl (C=O) groups is 1. The third-order valence-electron chi connectivity index (χ3n) is 2.71. The van der Waals surface area contributed by atoms with Crippen molar-refractivity contribution in [3.05, 3.63) is 57.5 Å². The maximum atomic E-state index is 11.8. The first-order valence-electron chi connectivity index (χ1n) is 6.25. The van der Waals surface area contributed by atoms with Gasteiger partial charge in [-0.3, -0.25) is 4.79 Å². The van der Waals surface area contributed by atoms with Crippen LogP contribution in [0.5, 0.6) is 5.75 Å². The third kappa shape index (κ3) is 4.74. The average molecular weight is 370 g/mol. The lowest BCUT2D eigenvalue weighted by Gasteiger charge is -2.11. The summed E-state index contributed by atoms with van der Waals surface area (Å²) in [6.07, 6.45) is 0. The standard InChI is InChI=1S/C15H14BrClN2O2/c16-11-4-5-14(10(6-11)8-18)21-9-15(20)19-13-3-1-2-12(17)7-13/h1-7H,8-9,18H2,(H,19,20). The molecule has 0 aliphatic rings. The topological polar surface area (TPSA) is 64.3 Å². The molecule has 0 aromatic heterocycles. The van der Waals surface area contributed by atoms with Gasteiger partial charge in [0.2, 0.25) is 0 Å². The summed E-state index contributed by atoms with van der Waals surface area (Å²) in [5.41, 5.74) is 7.11. The molecule has 21 heavy (non-hydrogen) atoms. The largest absolute Gasteiger partial charge is 0.483 e. The van der Waals surface area contributed by atoms with Gasteiger partial charge in [0, 0.05) is 27.3 Å². The molecule has 0 saturated heterocycles. The Morgan fingerprint density at radius 2 is 2.10 bits per heavy atom. The fraction of sp³-hybridized carbons (Fsp3) is 0.133. The molecule has 0 aliphatic carbocycles. The van der Waals surface area contributed by atoms with E-state index in [2.05, 4.69) is 21.2 Å². The van der Waals surface area contributed by atoms with Crippen LogP contribution in [0.4, 0.5) is 5.69 Å². The second-order valence-electron chi connectivity index (χ2n) is 4.30. The molecule has 0 fully saturated rings. The number of carbonyl (C=O) groups excluding carboxylic acids is 1. The van der Waals surface area contributed by atoms with Gasteiger partial charge in [-0.2, -0.15) is 0 Å². The van der Waals surface area contributed by atoms with Crippen LogP contribution < -0.4 is 15.8 Å². The minimum absolute atomic E-state index is 0.0961. The Bertz CT molecular complexity index is 649. The van der Waals surface area contributed by atoms with Gasteiger partial charge in [0.05, 0.1) is 0 Å². The van der Waals surface area contributed by atoms with Crippen LogP contribution in [0.3, 0.4) is 0 Å². The van der Waals surface area contributed by atoms with Crippen molar-refractivity contribution in [3.8, 4) is 5.75 Å². The summed E-state index contributed by atoms with van der Waals surface area (Å²) in [6, 6.07) is 12.4. The lowest BCUT2D eigenvalue weighted by molar-refractivity contribution is -0.118. The molecule has 2 aromatic carbocycles. The monoisotopic (exact) mass is 368 g/mol. The number of nitrogens with two attached hydrogens (primary N) is 1. The lowest BCUT2D eigenvalue weighted by Crippen LogP contribution is -2.20. The maximum absolute atomic E-state index is 11.8. The molecule has 2 aromatic rings. The van der Waals surface area contributed by atoms with Crippen LogP contribution in [0.25, 0.3) is 0 Å². The second-order valence-corrected chi connectivity index (χ2v) is 5.66. The number of rotatable bonds is 5. The van der Waals surface area contributed by atoms with Crippen LogP contribution in [0, 0.1) is 0 Å². The average Bonchev–Trinajstić information content (AvgIpc) is 2.45.